The number of terminal acetylenes is 1. The molecule has 0 unspecified atom stereocenters. The smallest absolute Gasteiger partial charge is 0.338 e. The van der Waals surface area contributed by atoms with Gasteiger partial charge in [0, 0.05) is 18.4 Å². The van der Waals surface area contributed by atoms with E-state index in [0.29, 0.717) is 24.1 Å². The van der Waals surface area contributed by atoms with Gasteiger partial charge in [-0.3, -0.25) is 0 Å². The molecule has 2 amide bonds. The van der Waals surface area contributed by atoms with Gasteiger partial charge in [0.25, 0.3) is 0 Å². The molecule has 21 heavy (non-hydrogen) atoms. The van der Waals surface area contributed by atoms with Crippen molar-refractivity contribution < 1.29 is 23.5 Å². The fraction of sp³-hybridized carbons (Fsp3) is 0.231. The van der Waals surface area contributed by atoms with Gasteiger partial charge in [0.05, 0.1) is 17.0 Å². The number of anilines is 1. The number of aromatic carboxylic acids is 1. The van der Waals surface area contributed by atoms with E-state index in [1.54, 1.807) is 0 Å². The number of carbonyl (C=O) groups excluding carboxylic acids is 1. The average Bonchev–Trinajstić information content (AvgIpc) is 2.41. The van der Waals surface area contributed by atoms with Gasteiger partial charge in [-0.2, -0.15) is 0 Å². The molecule has 1 rings (SSSR count). The molecule has 0 aromatic heterocycles. The molecule has 3 N–H and O–H groups in total. The van der Waals surface area contributed by atoms with Crippen molar-refractivity contribution in [2.75, 3.05) is 23.4 Å². The second-order valence-corrected chi connectivity index (χ2v) is 4.86. The van der Waals surface area contributed by atoms with Gasteiger partial charge in [-0.25, -0.2) is 18.4 Å². The van der Waals surface area contributed by atoms with Crippen molar-refractivity contribution in [1.82, 2.24) is 5.32 Å². The molecule has 0 radical (unpaired) electrons. The molecular weight excluding hydrogens is 302 g/mol. The largest absolute Gasteiger partial charge is 0.478 e. The Bertz CT molecular complexity index is 588. The summed E-state index contributed by atoms with van der Waals surface area (Å²) in [6.45, 7) is 0.298. The van der Waals surface area contributed by atoms with Gasteiger partial charge in [-0.1, -0.05) is 5.92 Å². The monoisotopic (exact) mass is 314 g/mol. The lowest BCUT2D eigenvalue weighted by Gasteiger charge is -2.09. The lowest BCUT2D eigenvalue weighted by molar-refractivity contribution is 0.0692. The molecular formula is C13H12F2N2O3S. The number of urea groups is 1. The Morgan fingerprint density at radius 3 is 2.67 bits per heavy atom. The van der Waals surface area contributed by atoms with Gasteiger partial charge in [-0.05, 0) is 6.07 Å². The molecule has 0 aliphatic carbocycles. The number of thioether (sulfide) groups is 1. The number of carboxylic acids is 1. The van der Waals surface area contributed by atoms with Gasteiger partial charge < -0.3 is 15.7 Å². The molecule has 0 atom stereocenters. The van der Waals surface area contributed by atoms with E-state index in [-0.39, 0.29) is 0 Å². The summed E-state index contributed by atoms with van der Waals surface area (Å²) in [5.41, 5.74) is -1.14. The molecule has 0 saturated carbocycles. The van der Waals surface area contributed by atoms with Gasteiger partial charge in [0.1, 0.15) is 11.6 Å². The normalized spacial score (nSPS) is 9.76. The number of halogens is 2. The predicted molar refractivity (Wildman–Crippen MR) is 76.5 cm³/mol. The summed E-state index contributed by atoms with van der Waals surface area (Å²) < 4.78 is 26.6. The molecule has 0 bridgehead atoms. The Kier molecular flexibility index (Phi) is 6.49. The number of hydrogen-bond acceptors (Lipinski definition) is 3. The summed E-state index contributed by atoms with van der Waals surface area (Å²) in [7, 11) is 0. The quantitative estimate of drug-likeness (QED) is 0.555. The maximum atomic E-state index is 13.4. The molecule has 112 valence electrons. The van der Waals surface area contributed by atoms with Gasteiger partial charge in [0.2, 0.25) is 0 Å². The van der Waals surface area contributed by atoms with Crippen molar-refractivity contribution in [2.45, 2.75) is 0 Å². The lowest BCUT2D eigenvalue weighted by atomic mass is 10.2. The Morgan fingerprint density at radius 2 is 2.05 bits per heavy atom. The Labute approximate surface area is 124 Å². The minimum Gasteiger partial charge on any atom is -0.478 e. The first-order valence-electron chi connectivity index (χ1n) is 5.74. The fourth-order valence-corrected chi connectivity index (χ4v) is 1.85. The van der Waals surface area contributed by atoms with Crippen molar-refractivity contribution in [3.8, 4) is 12.3 Å². The highest BCUT2D eigenvalue weighted by atomic mass is 32.2. The highest BCUT2D eigenvalue weighted by Crippen LogP contribution is 2.19. The summed E-state index contributed by atoms with van der Waals surface area (Å²) >= 11 is 1.43. The summed E-state index contributed by atoms with van der Waals surface area (Å²) in [4.78, 5) is 22.2. The van der Waals surface area contributed by atoms with Crippen molar-refractivity contribution >= 4 is 29.4 Å². The van der Waals surface area contributed by atoms with Crippen LogP contribution in [0.2, 0.25) is 0 Å². The first-order valence-corrected chi connectivity index (χ1v) is 6.89. The van der Waals surface area contributed by atoms with Crippen LogP contribution in [0.25, 0.3) is 0 Å². The number of rotatable bonds is 6. The summed E-state index contributed by atoms with van der Waals surface area (Å²) in [6, 6.07) is 0.403. The molecule has 0 saturated heterocycles. The zero-order chi connectivity index (χ0) is 15.8. The van der Waals surface area contributed by atoms with Crippen LogP contribution < -0.4 is 10.6 Å². The van der Waals surface area contributed by atoms with Crippen LogP contribution in [0.15, 0.2) is 12.1 Å². The predicted octanol–water partition coefficient (Wildman–Crippen LogP) is 2.15. The molecule has 8 heteroatoms. The second-order valence-electron chi connectivity index (χ2n) is 3.75. The van der Waals surface area contributed by atoms with E-state index in [9.17, 15) is 18.4 Å². The van der Waals surface area contributed by atoms with Crippen molar-refractivity contribution in [3.05, 3.63) is 29.3 Å². The van der Waals surface area contributed by atoms with Crippen LogP contribution >= 0.6 is 11.8 Å². The number of benzene rings is 1. The first kappa shape index (κ1) is 16.8. The molecule has 0 aliphatic rings. The van der Waals surface area contributed by atoms with Crippen LogP contribution in [-0.2, 0) is 0 Å². The molecule has 0 aliphatic heterocycles. The Hall–Kier alpha value is -2.27. The summed E-state index contributed by atoms with van der Waals surface area (Å²) in [5.74, 6) is -0.322. The topological polar surface area (TPSA) is 78.4 Å². The number of amides is 2. The molecule has 0 heterocycles. The third-order valence-electron chi connectivity index (χ3n) is 2.25. The third kappa shape index (κ3) is 5.31. The molecule has 0 fully saturated rings. The van der Waals surface area contributed by atoms with E-state index >= 15 is 0 Å². The van der Waals surface area contributed by atoms with Crippen LogP contribution in [0.5, 0.6) is 0 Å². The summed E-state index contributed by atoms with van der Waals surface area (Å²) in [6.07, 6.45) is 5.05. The molecule has 0 spiro atoms. The second kappa shape index (κ2) is 8.11. The van der Waals surface area contributed by atoms with E-state index in [1.807, 2.05) is 0 Å². The molecule has 5 nitrogen and oxygen atoms in total. The van der Waals surface area contributed by atoms with E-state index in [1.165, 1.54) is 11.8 Å². The fourth-order valence-electron chi connectivity index (χ4n) is 1.34. The zero-order valence-corrected chi connectivity index (χ0v) is 11.6. The van der Waals surface area contributed by atoms with Crippen molar-refractivity contribution in [1.29, 1.82) is 0 Å². The first-order chi connectivity index (χ1) is 9.95. The number of hydrogen-bond donors (Lipinski definition) is 3. The van der Waals surface area contributed by atoms with E-state index in [2.05, 4.69) is 16.6 Å². The zero-order valence-electron chi connectivity index (χ0n) is 10.8. The average molecular weight is 314 g/mol. The number of nitrogens with one attached hydrogen (secondary N) is 2. The highest BCUT2D eigenvalue weighted by molar-refractivity contribution is 7.99. The Morgan fingerprint density at radius 1 is 1.33 bits per heavy atom. The van der Waals surface area contributed by atoms with Gasteiger partial charge in [-0.15, -0.1) is 18.2 Å². The minimum absolute atomic E-state index is 0.298. The number of carboxylic acid groups (broad SMARTS) is 1. The Balaban J connectivity index is 2.62. The minimum atomic E-state index is -1.55. The standard InChI is InChI=1S/C13H12F2N2O3S/c1-2-4-21-5-3-16-13(20)17-11-6-8(12(18)19)9(14)7-10(11)15/h1,6-7H,3-5H2,(H,18,19)(H2,16,17,20). The van der Waals surface area contributed by atoms with Crippen LogP contribution in [0.4, 0.5) is 19.3 Å². The van der Waals surface area contributed by atoms with Crippen LogP contribution in [0.1, 0.15) is 10.4 Å². The maximum Gasteiger partial charge on any atom is 0.338 e. The van der Waals surface area contributed by atoms with Crippen molar-refractivity contribution in [3.63, 3.8) is 0 Å². The van der Waals surface area contributed by atoms with Gasteiger partial charge in [0.15, 0.2) is 0 Å². The highest BCUT2D eigenvalue weighted by Gasteiger charge is 2.16. The molecule has 1 aromatic carbocycles. The van der Waals surface area contributed by atoms with E-state index in [4.69, 9.17) is 11.5 Å². The number of carbonyl (C=O) groups is 2. The molecule has 1 aromatic rings. The van der Waals surface area contributed by atoms with Crippen LogP contribution in [0, 0.1) is 24.0 Å². The van der Waals surface area contributed by atoms with Crippen LogP contribution in [-0.4, -0.2) is 35.2 Å². The van der Waals surface area contributed by atoms with E-state index in [0.717, 1.165) is 6.07 Å². The lowest BCUT2D eigenvalue weighted by Crippen LogP contribution is -2.31. The SMILES string of the molecule is C#CCSCCNC(=O)Nc1cc(C(=O)O)c(F)cc1F. The maximum absolute atomic E-state index is 13.4. The van der Waals surface area contributed by atoms with Gasteiger partial charge >= 0.3 is 12.0 Å². The summed E-state index contributed by atoms with van der Waals surface area (Å²) in [5, 5.41) is 13.3. The van der Waals surface area contributed by atoms with E-state index < -0.39 is 34.9 Å². The van der Waals surface area contributed by atoms with Crippen LogP contribution in [0.3, 0.4) is 0 Å². The third-order valence-corrected chi connectivity index (χ3v) is 3.12. The van der Waals surface area contributed by atoms with Crippen molar-refractivity contribution in [2.24, 2.45) is 0 Å².